The fourth-order valence-electron chi connectivity index (χ4n) is 3.88. The summed E-state index contributed by atoms with van der Waals surface area (Å²) in [6, 6.07) is 9.34. The van der Waals surface area contributed by atoms with Crippen molar-refractivity contribution in [3.63, 3.8) is 0 Å². The molecule has 5 nitrogen and oxygen atoms in total. The Morgan fingerprint density at radius 3 is 1.85 bits per heavy atom. The van der Waals surface area contributed by atoms with Crippen LogP contribution >= 0.6 is 23.2 Å². The van der Waals surface area contributed by atoms with Crippen LogP contribution in [-0.4, -0.2) is 37.1 Å². The zero-order valence-electron chi connectivity index (χ0n) is 15.0. The third kappa shape index (κ3) is 3.99. The Morgan fingerprint density at radius 1 is 0.889 bits per heavy atom. The molecule has 142 valence electrons. The summed E-state index contributed by atoms with van der Waals surface area (Å²) in [4.78, 5) is 21.6. The van der Waals surface area contributed by atoms with E-state index >= 15 is 0 Å². The van der Waals surface area contributed by atoms with Gasteiger partial charge in [-0.05, 0) is 49.9 Å². The number of pyridine rings is 1. The Balaban J connectivity index is 1.71. The number of para-hydroxylation sites is 1. The Kier molecular flexibility index (Phi) is 5.41. The van der Waals surface area contributed by atoms with E-state index in [-0.39, 0.29) is 16.2 Å². The molecule has 1 amide bonds. The van der Waals surface area contributed by atoms with Gasteiger partial charge in [-0.2, -0.15) is 0 Å². The first-order valence-corrected chi connectivity index (χ1v) is 10.1. The maximum atomic E-state index is 13.0. The molecule has 0 spiro atoms. The molecule has 2 aliphatic rings. The number of carbonyl (C=O) groups excluding carboxylic acids is 1. The van der Waals surface area contributed by atoms with Gasteiger partial charge in [0.1, 0.15) is 10.3 Å². The van der Waals surface area contributed by atoms with Crippen molar-refractivity contribution >= 4 is 46.2 Å². The molecule has 7 heteroatoms. The van der Waals surface area contributed by atoms with Crippen LogP contribution in [0.15, 0.2) is 30.3 Å². The number of anilines is 3. The molecule has 2 aliphatic heterocycles. The summed E-state index contributed by atoms with van der Waals surface area (Å²) in [5.41, 5.74) is 3.44. The summed E-state index contributed by atoms with van der Waals surface area (Å²) in [5.74, 6) is -0.228. The lowest BCUT2D eigenvalue weighted by Gasteiger charge is -2.28. The molecule has 3 heterocycles. The molecule has 4 rings (SSSR count). The first kappa shape index (κ1) is 18.4. The predicted octanol–water partition coefficient (Wildman–Crippen LogP) is 4.84. The number of nitrogens with one attached hydrogen (secondary N) is 1. The van der Waals surface area contributed by atoms with Gasteiger partial charge in [-0.25, -0.2) is 4.98 Å². The van der Waals surface area contributed by atoms with Gasteiger partial charge in [0, 0.05) is 31.7 Å². The van der Waals surface area contributed by atoms with Crippen LogP contribution in [0, 0.1) is 0 Å². The number of nitrogens with zero attached hydrogens (tertiary/aromatic N) is 3. The van der Waals surface area contributed by atoms with E-state index in [0.717, 1.165) is 43.2 Å². The molecule has 2 fully saturated rings. The number of rotatable bonds is 4. The van der Waals surface area contributed by atoms with Crippen molar-refractivity contribution in [2.24, 2.45) is 0 Å². The Hall–Kier alpha value is -1.98. The van der Waals surface area contributed by atoms with E-state index in [2.05, 4.69) is 38.3 Å². The van der Waals surface area contributed by atoms with Crippen molar-refractivity contribution < 1.29 is 4.79 Å². The van der Waals surface area contributed by atoms with Crippen molar-refractivity contribution in [1.82, 2.24) is 4.98 Å². The smallest absolute Gasteiger partial charge is 0.255 e. The second-order valence-electron chi connectivity index (χ2n) is 7.01. The van der Waals surface area contributed by atoms with E-state index in [1.807, 2.05) is 0 Å². The largest absolute Gasteiger partial charge is 0.370 e. The highest BCUT2D eigenvalue weighted by Gasteiger charge is 2.24. The predicted molar refractivity (Wildman–Crippen MR) is 112 cm³/mol. The van der Waals surface area contributed by atoms with Gasteiger partial charge < -0.3 is 15.1 Å². The van der Waals surface area contributed by atoms with Gasteiger partial charge in [0.15, 0.2) is 0 Å². The van der Waals surface area contributed by atoms with E-state index in [4.69, 9.17) is 23.2 Å². The van der Waals surface area contributed by atoms with Crippen LogP contribution in [0.2, 0.25) is 10.3 Å². The lowest BCUT2D eigenvalue weighted by molar-refractivity contribution is 0.102. The minimum atomic E-state index is -0.228. The van der Waals surface area contributed by atoms with E-state index in [0.29, 0.717) is 5.56 Å². The molecule has 0 bridgehead atoms. The van der Waals surface area contributed by atoms with E-state index < -0.39 is 0 Å². The monoisotopic (exact) mass is 404 g/mol. The molecule has 2 saturated heterocycles. The molecule has 27 heavy (non-hydrogen) atoms. The van der Waals surface area contributed by atoms with Crippen LogP contribution in [0.3, 0.4) is 0 Å². The second kappa shape index (κ2) is 7.95. The van der Waals surface area contributed by atoms with E-state index in [9.17, 15) is 4.79 Å². The standard InChI is InChI=1S/C20H22Cl2N4O/c21-17-12-14(13-18(22)23-17)20(27)24-19-15(25-8-1-2-9-25)6-5-7-16(19)26-10-3-4-11-26/h5-7,12-13H,1-4,8-11H2,(H,24,27). The Bertz CT molecular complexity index is 791. The van der Waals surface area contributed by atoms with Gasteiger partial charge in [0.2, 0.25) is 0 Å². The summed E-state index contributed by atoms with van der Waals surface area (Å²) < 4.78 is 0. The summed E-state index contributed by atoms with van der Waals surface area (Å²) in [6.07, 6.45) is 4.71. The maximum absolute atomic E-state index is 13.0. The van der Waals surface area contributed by atoms with Crippen LogP contribution in [0.25, 0.3) is 0 Å². The van der Waals surface area contributed by atoms with E-state index in [1.54, 1.807) is 0 Å². The van der Waals surface area contributed by atoms with Crippen molar-refractivity contribution in [2.45, 2.75) is 25.7 Å². The van der Waals surface area contributed by atoms with Crippen LogP contribution in [0.4, 0.5) is 17.1 Å². The average Bonchev–Trinajstić information content (AvgIpc) is 3.35. The third-order valence-electron chi connectivity index (χ3n) is 5.18. The molecule has 1 aromatic carbocycles. The first-order valence-electron chi connectivity index (χ1n) is 9.39. The van der Waals surface area contributed by atoms with Crippen molar-refractivity contribution in [3.05, 3.63) is 46.2 Å². The number of carbonyl (C=O) groups is 1. The molecule has 0 atom stereocenters. The van der Waals surface area contributed by atoms with Gasteiger partial charge in [-0.3, -0.25) is 4.79 Å². The van der Waals surface area contributed by atoms with Gasteiger partial charge in [-0.15, -0.1) is 0 Å². The highest BCUT2D eigenvalue weighted by molar-refractivity contribution is 6.33. The molecule has 0 unspecified atom stereocenters. The zero-order valence-corrected chi connectivity index (χ0v) is 16.6. The summed E-state index contributed by atoms with van der Waals surface area (Å²) in [6.45, 7) is 4.05. The summed E-state index contributed by atoms with van der Waals surface area (Å²) in [7, 11) is 0. The number of hydrogen-bond donors (Lipinski definition) is 1. The van der Waals surface area contributed by atoms with Crippen molar-refractivity contribution in [3.8, 4) is 0 Å². The van der Waals surface area contributed by atoms with Crippen LogP contribution in [-0.2, 0) is 0 Å². The number of benzene rings is 1. The third-order valence-corrected chi connectivity index (χ3v) is 5.56. The highest BCUT2D eigenvalue weighted by Crippen LogP contribution is 2.39. The quantitative estimate of drug-likeness (QED) is 0.740. The minimum absolute atomic E-state index is 0.209. The molecule has 2 aromatic rings. The topological polar surface area (TPSA) is 48.5 Å². The fraction of sp³-hybridized carbons (Fsp3) is 0.400. The van der Waals surface area contributed by atoms with Crippen LogP contribution in [0.1, 0.15) is 36.0 Å². The molecule has 0 radical (unpaired) electrons. The Morgan fingerprint density at radius 2 is 1.37 bits per heavy atom. The molecule has 0 saturated carbocycles. The number of amides is 1. The lowest BCUT2D eigenvalue weighted by atomic mass is 10.1. The summed E-state index contributed by atoms with van der Waals surface area (Å²) in [5, 5.41) is 3.55. The number of halogens is 2. The molecule has 1 N–H and O–H groups in total. The minimum Gasteiger partial charge on any atom is -0.370 e. The number of hydrogen-bond acceptors (Lipinski definition) is 4. The normalized spacial score (nSPS) is 16.8. The summed E-state index contributed by atoms with van der Waals surface area (Å²) >= 11 is 11.9. The van der Waals surface area contributed by atoms with Gasteiger partial charge >= 0.3 is 0 Å². The van der Waals surface area contributed by atoms with E-state index in [1.165, 1.54) is 37.8 Å². The van der Waals surface area contributed by atoms with Crippen molar-refractivity contribution in [1.29, 1.82) is 0 Å². The van der Waals surface area contributed by atoms with Crippen molar-refractivity contribution in [2.75, 3.05) is 41.3 Å². The second-order valence-corrected chi connectivity index (χ2v) is 7.79. The fourth-order valence-corrected chi connectivity index (χ4v) is 4.34. The highest BCUT2D eigenvalue weighted by atomic mass is 35.5. The molecule has 0 aliphatic carbocycles. The molecular formula is C20H22Cl2N4O. The van der Waals surface area contributed by atoms with Crippen LogP contribution in [0.5, 0.6) is 0 Å². The van der Waals surface area contributed by atoms with Gasteiger partial charge in [0.25, 0.3) is 5.91 Å². The first-order chi connectivity index (χ1) is 13.1. The number of aromatic nitrogens is 1. The average molecular weight is 405 g/mol. The molecule has 1 aromatic heterocycles. The van der Waals surface area contributed by atoms with Gasteiger partial charge in [-0.1, -0.05) is 29.3 Å². The van der Waals surface area contributed by atoms with Gasteiger partial charge in [0.05, 0.1) is 17.1 Å². The maximum Gasteiger partial charge on any atom is 0.255 e. The SMILES string of the molecule is O=C(Nc1c(N2CCCC2)cccc1N1CCCC1)c1cc(Cl)nc(Cl)c1. The molecular weight excluding hydrogens is 383 g/mol. The lowest BCUT2D eigenvalue weighted by Crippen LogP contribution is -2.25. The zero-order chi connectivity index (χ0) is 18.8. The Labute approximate surface area is 169 Å². The van der Waals surface area contributed by atoms with Crippen LogP contribution < -0.4 is 15.1 Å².